The first-order chi connectivity index (χ1) is 6.75. The minimum atomic E-state index is -1.15. The van der Waals surface area contributed by atoms with Crippen molar-refractivity contribution in [1.82, 2.24) is 19.9 Å². The number of aromatic nitrogens is 4. The van der Waals surface area contributed by atoms with Gasteiger partial charge in [0.25, 0.3) is 5.82 Å². The van der Waals surface area contributed by atoms with Crippen molar-refractivity contribution in [2.45, 2.75) is 6.54 Å². The summed E-state index contributed by atoms with van der Waals surface area (Å²) < 4.78 is 6.19. The van der Waals surface area contributed by atoms with Crippen LogP contribution in [0.4, 0.5) is 0 Å². The van der Waals surface area contributed by atoms with Crippen LogP contribution in [0, 0.1) is 0 Å². The van der Waals surface area contributed by atoms with E-state index in [1.807, 2.05) is 0 Å². The zero-order valence-corrected chi connectivity index (χ0v) is 6.99. The first-order valence-electron chi connectivity index (χ1n) is 3.78. The molecule has 72 valence electrons. The van der Waals surface area contributed by atoms with Gasteiger partial charge in [0.1, 0.15) is 12.9 Å². The van der Waals surface area contributed by atoms with Crippen molar-refractivity contribution in [3.63, 3.8) is 0 Å². The molecule has 2 aromatic rings. The van der Waals surface area contributed by atoms with E-state index in [1.165, 1.54) is 17.2 Å². The van der Waals surface area contributed by atoms with Crippen LogP contribution >= 0.6 is 0 Å². The molecule has 0 unspecified atom stereocenters. The van der Waals surface area contributed by atoms with E-state index in [0.29, 0.717) is 12.3 Å². The molecule has 2 rings (SSSR count). The van der Waals surface area contributed by atoms with Gasteiger partial charge >= 0.3 is 5.97 Å². The molecule has 0 amide bonds. The standard InChI is InChI=1S/C7H6N4O3/c12-7(13)6-8-4-11(10-6)3-5-1-2-9-14-5/h1-2,4H,3H2,(H,12,13). The molecule has 0 aliphatic rings. The summed E-state index contributed by atoms with van der Waals surface area (Å²) in [6, 6.07) is 1.67. The fraction of sp³-hybridized carbons (Fsp3) is 0.143. The molecule has 0 aromatic carbocycles. The van der Waals surface area contributed by atoms with Crippen LogP contribution in [0.25, 0.3) is 0 Å². The number of hydrogen-bond donors (Lipinski definition) is 1. The van der Waals surface area contributed by atoms with Crippen LogP contribution in [-0.4, -0.2) is 31.0 Å². The number of carboxylic acids is 1. The molecule has 0 atom stereocenters. The van der Waals surface area contributed by atoms with Crippen molar-refractivity contribution in [3.05, 3.63) is 30.2 Å². The number of rotatable bonds is 3. The molecule has 1 N–H and O–H groups in total. The van der Waals surface area contributed by atoms with Gasteiger partial charge in [-0.25, -0.2) is 14.5 Å². The fourth-order valence-corrected chi connectivity index (χ4v) is 0.952. The topological polar surface area (TPSA) is 94.0 Å². The Morgan fingerprint density at radius 3 is 3.07 bits per heavy atom. The Bertz CT molecular complexity index is 433. The van der Waals surface area contributed by atoms with Crippen LogP contribution in [0.5, 0.6) is 0 Å². The second-order valence-electron chi connectivity index (χ2n) is 2.55. The van der Waals surface area contributed by atoms with Gasteiger partial charge in [-0.1, -0.05) is 5.16 Å². The number of nitrogens with zero attached hydrogens (tertiary/aromatic N) is 4. The third-order valence-electron chi connectivity index (χ3n) is 1.54. The zero-order chi connectivity index (χ0) is 9.97. The van der Waals surface area contributed by atoms with Gasteiger partial charge in [-0.05, 0) is 0 Å². The molecule has 0 fully saturated rings. The average molecular weight is 194 g/mol. The summed E-state index contributed by atoms with van der Waals surface area (Å²) in [4.78, 5) is 14.0. The minimum absolute atomic E-state index is 0.232. The van der Waals surface area contributed by atoms with Crippen molar-refractivity contribution in [2.24, 2.45) is 0 Å². The van der Waals surface area contributed by atoms with Crippen LogP contribution < -0.4 is 0 Å². The van der Waals surface area contributed by atoms with Gasteiger partial charge in [0.2, 0.25) is 0 Å². The molecule has 0 radical (unpaired) electrons. The summed E-state index contributed by atoms with van der Waals surface area (Å²) in [5.41, 5.74) is 0. The van der Waals surface area contributed by atoms with Gasteiger partial charge in [0.15, 0.2) is 5.76 Å². The summed E-state index contributed by atoms with van der Waals surface area (Å²) >= 11 is 0. The average Bonchev–Trinajstić information content (AvgIpc) is 2.75. The van der Waals surface area contributed by atoms with E-state index in [2.05, 4.69) is 15.2 Å². The number of carboxylic acid groups (broad SMARTS) is 1. The van der Waals surface area contributed by atoms with E-state index in [-0.39, 0.29) is 5.82 Å². The minimum Gasteiger partial charge on any atom is -0.475 e. The van der Waals surface area contributed by atoms with Crippen molar-refractivity contribution < 1.29 is 14.4 Å². The molecule has 7 nitrogen and oxygen atoms in total. The Morgan fingerprint density at radius 2 is 2.50 bits per heavy atom. The summed E-state index contributed by atoms with van der Waals surface area (Å²) in [6.07, 6.45) is 2.83. The van der Waals surface area contributed by atoms with Gasteiger partial charge in [0.05, 0.1) is 6.20 Å². The predicted octanol–water partition coefficient (Wildman–Crippen LogP) is 0.0126. The van der Waals surface area contributed by atoms with Gasteiger partial charge < -0.3 is 9.63 Å². The van der Waals surface area contributed by atoms with E-state index >= 15 is 0 Å². The van der Waals surface area contributed by atoms with Crippen LogP contribution in [0.15, 0.2) is 23.1 Å². The normalized spacial score (nSPS) is 10.3. The molecule has 0 spiro atoms. The highest BCUT2D eigenvalue weighted by atomic mass is 16.5. The Kier molecular flexibility index (Phi) is 1.98. The van der Waals surface area contributed by atoms with E-state index in [4.69, 9.17) is 9.63 Å². The molecule has 2 heterocycles. The molecule has 0 saturated carbocycles. The number of carbonyl (C=O) groups is 1. The first-order valence-corrected chi connectivity index (χ1v) is 3.78. The van der Waals surface area contributed by atoms with E-state index in [1.54, 1.807) is 6.07 Å². The molecular formula is C7H6N4O3. The SMILES string of the molecule is O=C(O)c1ncn(Cc2ccno2)n1. The monoisotopic (exact) mass is 194 g/mol. The molecule has 7 heteroatoms. The molecule has 0 aliphatic carbocycles. The summed E-state index contributed by atoms with van der Waals surface area (Å²) in [5, 5.41) is 15.8. The number of hydrogen-bond acceptors (Lipinski definition) is 5. The van der Waals surface area contributed by atoms with Crippen LogP contribution in [-0.2, 0) is 6.54 Å². The van der Waals surface area contributed by atoms with Gasteiger partial charge in [-0.2, -0.15) is 0 Å². The maximum absolute atomic E-state index is 10.4. The van der Waals surface area contributed by atoms with Crippen LogP contribution in [0.1, 0.15) is 16.4 Å². The van der Waals surface area contributed by atoms with E-state index in [0.717, 1.165) is 0 Å². The highest BCUT2D eigenvalue weighted by molar-refractivity contribution is 5.82. The fourth-order valence-electron chi connectivity index (χ4n) is 0.952. The van der Waals surface area contributed by atoms with Crippen LogP contribution in [0.3, 0.4) is 0 Å². The first kappa shape index (κ1) is 8.42. The lowest BCUT2D eigenvalue weighted by atomic mass is 10.5. The Balaban J connectivity index is 2.14. The van der Waals surface area contributed by atoms with Crippen molar-refractivity contribution in [1.29, 1.82) is 0 Å². The Labute approximate surface area is 78.0 Å². The lowest BCUT2D eigenvalue weighted by Crippen LogP contribution is -2.03. The molecule has 2 aromatic heterocycles. The Hall–Kier alpha value is -2.18. The maximum Gasteiger partial charge on any atom is 0.375 e. The Morgan fingerprint density at radius 1 is 1.64 bits per heavy atom. The van der Waals surface area contributed by atoms with Gasteiger partial charge in [-0.3, -0.25) is 0 Å². The predicted molar refractivity (Wildman–Crippen MR) is 42.6 cm³/mol. The quantitative estimate of drug-likeness (QED) is 0.739. The van der Waals surface area contributed by atoms with Crippen LogP contribution in [0.2, 0.25) is 0 Å². The van der Waals surface area contributed by atoms with Gasteiger partial charge in [0, 0.05) is 6.07 Å². The summed E-state index contributed by atoms with van der Waals surface area (Å²) in [5.74, 6) is -0.794. The molecule has 14 heavy (non-hydrogen) atoms. The third kappa shape index (κ3) is 1.60. The molecular weight excluding hydrogens is 188 g/mol. The lowest BCUT2D eigenvalue weighted by molar-refractivity contribution is 0.0683. The van der Waals surface area contributed by atoms with Gasteiger partial charge in [-0.15, -0.1) is 5.10 Å². The van der Waals surface area contributed by atoms with E-state index < -0.39 is 5.97 Å². The summed E-state index contributed by atoms with van der Waals surface area (Å²) in [6.45, 7) is 0.320. The molecule has 0 aliphatic heterocycles. The molecule has 0 bridgehead atoms. The highest BCUT2D eigenvalue weighted by Gasteiger charge is 2.09. The second-order valence-corrected chi connectivity index (χ2v) is 2.55. The summed E-state index contributed by atoms with van der Waals surface area (Å²) in [7, 11) is 0. The van der Waals surface area contributed by atoms with Crippen molar-refractivity contribution in [3.8, 4) is 0 Å². The second kappa shape index (κ2) is 3.29. The zero-order valence-electron chi connectivity index (χ0n) is 6.99. The number of aromatic carboxylic acids is 1. The molecule has 0 saturated heterocycles. The lowest BCUT2D eigenvalue weighted by Gasteiger charge is -1.93. The van der Waals surface area contributed by atoms with Crippen molar-refractivity contribution >= 4 is 5.97 Å². The maximum atomic E-state index is 10.4. The largest absolute Gasteiger partial charge is 0.475 e. The smallest absolute Gasteiger partial charge is 0.375 e. The third-order valence-corrected chi connectivity index (χ3v) is 1.54. The highest BCUT2D eigenvalue weighted by Crippen LogP contribution is 1.99. The van der Waals surface area contributed by atoms with E-state index in [9.17, 15) is 4.79 Å². The van der Waals surface area contributed by atoms with Crippen molar-refractivity contribution in [2.75, 3.05) is 0 Å².